The topological polar surface area (TPSA) is 138 Å². The van der Waals surface area contributed by atoms with Gasteiger partial charge in [0.25, 0.3) is 0 Å². The Balaban J connectivity index is 1.81. The monoisotopic (exact) mass is 531 g/mol. The van der Waals surface area contributed by atoms with Gasteiger partial charge < -0.3 is 19.3 Å². The molecule has 1 aliphatic carbocycles. The highest BCUT2D eigenvalue weighted by molar-refractivity contribution is 7.93. The van der Waals surface area contributed by atoms with E-state index in [-0.39, 0.29) is 17.7 Å². The summed E-state index contributed by atoms with van der Waals surface area (Å²) < 4.78 is 47.4. The number of pyridine rings is 1. The lowest BCUT2D eigenvalue weighted by molar-refractivity contribution is 0.0841. The molecule has 37 heavy (non-hydrogen) atoms. The SMILES string of the molecule is COc1cccc(-c2nnc(NS(=O)(=O)[C@H](C)[C@H](O)C3CCCCC3)n2-c2c(OC)cccc2OC)n1. The van der Waals surface area contributed by atoms with Crippen molar-refractivity contribution in [3.05, 3.63) is 36.4 Å². The van der Waals surface area contributed by atoms with Gasteiger partial charge in [0.05, 0.1) is 27.4 Å². The number of aliphatic hydroxyl groups is 1. The average Bonchev–Trinajstić information content (AvgIpc) is 3.34. The van der Waals surface area contributed by atoms with Crippen molar-refractivity contribution in [2.45, 2.75) is 50.4 Å². The fourth-order valence-corrected chi connectivity index (χ4v) is 5.86. The minimum atomic E-state index is -4.06. The van der Waals surface area contributed by atoms with Gasteiger partial charge in [-0.15, -0.1) is 10.2 Å². The fourth-order valence-electron chi connectivity index (χ4n) is 4.70. The van der Waals surface area contributed by atoms with Crippen molar-refractivity contribution >= 4 is 16.0 Å². The van der Waals surface area contributed by atoms with Gasteiger partial charge in [-0.1, -0.05) is 31.4 Å². The maximum atomic E-state index is 13.5. The molecule has 1 saturated carbocycles. The Morgan fingerprint density at radius 2 is 1.62 bits per heavy atom. The number of methoxy groups -OCH3 is 3. The molecular weight excluding hydrogens is 498 g/mol. The van der Waals surface area contributed by atoms with Gasteiger partial charge in [0, 0.05) is 6.07 Å². The lowest BCUT2D eigenvalue weighted by Gasteiger charge is -2.30. The summed E-state index contributed by atoms with van der Waals surface area (Å²) in [6, 6.07) is 10.3. The largest absolute Gasteiger partial charge is 0.494 e. The third kappa shape index (κ3) is 5.49. The maximum Gasteiger partial charge on any atom is 0.243 e. The van der Waals surface area contributed by atoms with Crippen molar-refractivity contribution in [3.8, 4) is 34.6 Å². The zero-order valence-corrected chi connectivity index (χ0v) is 22.2. The molecule has 0 spiro atoms. The van der Waals surface area contributed by atoms with Crippen LogP contribution in [0.5, 0.6) is 17.4 Å². The molecule has 1 fully saturated rings. The fraction of sp³-hybridized carbons (Fsp3) is 0.480. The molecule has 1 aromatic carbocycles. The predicted octanol–water partition coefficient (Wildman–Crippen LogP) is 3.43. The Labute approximate surface area is 216 Å². The summed E-state index contributed by atoms with van der Waals surface area (Å²) in [5.74, 6) is 1.23. The van der Waals surface area contributed by atoms with Crippen LogP contribution in [-0.2, 0) is 10.0 Å². The van der Waals surface area contributed by atoms with Gasteiger partial charge in [-0.05, 0) is 43.9 Å². The summed E-state index contributed by atoms with van der Waals surface area (Å²) in [6.45, 7) is 1.51. The van der Waals surface area contributed by atoms with Crippen LogP contribution in [0.1, 0.15) is 39.0 Å². The van der Waals surface area contributed by atoms with Crippen LogP contribution in [0.25, 0.3) is 17.2 Å². The highest BCUT2D eigenvalue weighted by atomic mass is 32.2. The molecule has 200 valence electrons. The summed E-state index contributed by atoms with van der Waals surface area (Å²) in [4.78, 5) is 4.45. The number of aromatic nitrogens is 4. The average molecular weight is 532 g/mol. The molecule has 0 unspecified atom stereocenters. The molecule has 0 amide bonds. The van der Waals surface area contributed by atoms with Gasteiger partial charge >= 0.3 is 0 Å². The summed E-state index contributed by atoms with van der Waals surface area (Å²) in [5.41, 5.74) is 0.774. The zero-order chi connectivity index (χ0) is 26.6. The Morgan fingerprint density at radius 1 is 0.973 bits per heavy atom. The lowest BCUT2D eigenvalue weighted by Crippen LogP contribution is -2.41. The first-order valence-corrected chi connectivity index (χ1v) is 13.7. The first-order valence-electron chi connectivity index (χ1n) is 12.2. The number of anilines is 1. The zero-order valence-electron chi connectivity index (χ0n) is 21.4. The van der Waals surface area contributed by atoms with Crippen molar-refractivity contribution in [3.63, 3.8) is 0 Å². The third-order valence-electron chi connectivity index (χ3n) is 6.79. The molecule has 1 aliphatic rings. The second-order valence-electron chi connectivity index (χ2n) is 9.00. The van der Waals surface area contributed by atoms with E-state index in [9.17, 15) is 13.5 Å². The van der Waals surface area contributed by atoms with E-state index >= 15 is 0 Å². The Hall–Kier alpha value is -3.38. The van der Waals surface area contributed by atoms with Crippen LogP contribution >= 0.6 is 0 Å². The van der Waals surface area contributed by atoms with E-state index in [1.807, 2.05) is 0 Å². The lowest BCUT2D eigenvalue weighted by atomic mass is 9.84. The Bertz CT molecular complexity index is 1300. The second kappa shape index (κ2) is 11.3. The van der Waals surface area contributed by atoms with Crippen LogP contribution in [0.2, 0.25) is 0 Å². The molecule has 0 saturated heterocycles. The smallest absolute Gasteiger partial charge is 0.243 e. The number of nitrogens with one attached hydrogen (secondary N) is 1. The molecule has 2 N–H and O–H groups in total. The highest BCUT2D eigenvalue weighted by Gasteiger charge is 2.36. The summed E-state index contributed by atoms with van der Waals surface area (Å²) >= 11 is 0. The van der Waals surface area contributed by atoms with Gasteiger partial charge in [-0.3, -0.25) is 9.29 Å². The van der Waals surface area contributed by atoms with Crippen LogP contribution in [-0.4, -0.2) is 66.0 Å². The Morgan fingerprint density at radius 3 is 2.24 bits per heavy atom. The summed E-state index contributed by atoms with van der Waals surface area (Å²) in [6.07, 6.45) is 3.69. The minimum absolute atomic E-state index is 0.0657. The maximum absolute atomic E-state index is 13.5. The number of para-hydroxylation sites is 1. The van der Waals surface area contributed by atoms with E-state index in [0.717, 1.165) is 32.1 Å². The molecule has 12 heteroatoms. The molecule has 2 atom stereocenters. The summed E-state index contributed by atoms with van der Waals surface area (Å²) in [7, 11) is 0.433. The molecule has 0 bridgehead atoms. The van der Waals surface area contributed by atoms with Gasteiger partial charge in [-0.25, -0.2) is 13.4 Å². The number of rotatable bonds is 10. The van der Waals surface area contributed by atoms with Crippen LogP contribution < -0.4 is 18.9 Å². The number of aliphatic hydroxyl groups excluding tert-OH is 1. The van der Waals surface area contributed by atoms with Crippen molar-refractivity contribution in [1.29, 1.82) is 0 Å². The predicted molar refractivity (Wildman–Crippen MR) is 139 cm³/mol. The van der Waals surface area contributed by atoms with E-state index in [1.54, 1.807) is 36.4 Å². The first-order chi connectivity index (χ1) is 17.8. The molecule has 2 heterocycles. The second-order valence-corrected chi connectivity index (χ2v) is 11.0. The number of nitrogens with zero attached hydrogens (tertiary/aromatic N) is 4. The minimum Gasteiger partial charge on any atom is -0.494 e. The number of ether oxygens (including phenoxy) is 3. The van der Waals surface area contributed by atoms with Crippen LogP contribution in [0.3, 0.4) is 0 Å². The van der Waals surface area contributed by atoms with Crippen molar-refractivity contribution in [2.75, 3.05) is 26.1 Å². The highest BCUT2D eigenvalue weighted by Crippen LogP contribution is 2.38. The van der Waals surface area contributed by atoms with Crippen molar-refractivity contribution in [2.24, 2.45) is 5.92 Å². The van der Waals surface area contributed by atoms with E-state index in [4.69, 9.17) is 14.2 Å². The van der Waals surface area contributed by atoms with Crippen molar-refractivity contribution in [1.82, 2.24) is 19.7 Å². The van der Waals surface area contributed by atoms with Crippen LogP contribution in [0, 0.1) is 5.92 Å². The standard InChI is InChI=1S/C25H33N5O6S/c1-16(23(31)17-10-6-5-7-11-17)37(32,33)29-25-28-27-24(18-12-8-15-21(26-18)36-4)30(25)22-19(34-2)13-9-14-20(22)35-3/h8-9,12-17,23,31H,5-7,10-11H2,1-4H3,(H,28,29)/t16-,23+/m1/s1. The molecule has 11 nitrogen and oxygen atoms in total. The molecule has 2 aromatic heterocycles. The van der Waals surface area contributed by atoms with Crippen molar-refractivity contribution < 1.29 is 27.7 Å². The quantitative estimate of drug-likeness (QED) is 0.403. The number of hydrogen-bond acceptors (Lipinski definition) is 9. The van der Waals surface area contributed by atoms with Crippen LogP contribution in [0.15, 0.2) is 36.4 Å². The van der Waals surface area contributed by atoms with E-state index in [1.165, 1.54) is 32.8 Å². The molecule has 0 aliphatic heterocycles. The normalized spacial score (nSPS) is 16.1. The van der Waals surface area contributed by atoms with E-state index < -0.39 is 21.4 Å². The third-order valence-corrected chi connectivity index (χ3v) is 8.51. The molecule has 3 aromatic rings. The summed E-state index contributed by atoms with van der Waals surface area (Å²) in [5, 5.41) is 18.3. The van der Waals surface area contributed by atoms with E-state index in [0.29, 0.717) is 28.8 Å². The number of sulfonamides is 1. The van der Waals surface area contributed by atoms with E-state index in [2.05, 4.69) is 19.9 Å². The first kappa shape index (κ1) is 26.7. The van der Waals surface area contributed by atoms with Gasteiger partial charge in [0.1, 0.15) is 28.1 Å². The molecule has 4 rings (SSSR count). The van der Waals surface area contributed by atoms with Gasteiger partial charge in [0.15, 0.2) is 5.82 Å². The van der Waals surface area contributed by atoms with Gasteiger partial charge in [-0.2, -0.15) is 0 Å². The van der Waals surface area contributed by atoms with Crippen LogP contribution in [0.4, 0.5) is 5.95 Å². The Kier molecular flexibility index (Phi) is 8.18. The molecule has 0 radical (unpaired) electrons. The van der Waals surface area contributed by atoms with Gasteiger partial charge in [0.2, 0.25) is 21.9 Å². The molecular formula is C25H33N5O6S. The number of hydrogen-bond donors (Lipinski definition) is 2. The number of benzene rings is 1.